The molecule has 1 amide bonds. The van der Waals surface area contributed by atoms with E-state index in [2.05, 4.69) is 15.5 Å². The van der Waals surface area contributed by atoms with Gasteiger partial charge >= 0.3 is 0 Å². The number of hydrogen-bond acceptors (Lipinski definition) is 7. The molecule has 0 aliphatic carbocycles. The van der Waals surface area contributed by atoms with E-state index in [4.69, 9.17) is 13.9 Å². The van der Waals surface area contributed by atoms with Crippen molar-refractivity contribution >= 4 is 23.4 Å². The number of carbonyl (C=O) groups excluding carboxylic acids is 1. The van der Waals surface area contributed by atoms with Crippen LogP contribution in [-0.2, 0) is 11.4 Å². The van der Waals surface area contributed by atoms with Crippen LogP contribution < -0.4 is 14.8 Å². The summed E-state index contributed by atoms with van der Waals surface area (Å²) in [5.41, 5.74) is 1.81. The zero-order valence-electron chi connectivity index (χ0n) is 15.7. The van der Waals surface area contributed by atoms with Gasteiger partial charge in [-0.05, 0) is 55.8 Å². The van der Waals surface area contributed by atoms with Crippen molar-refractivity contribution in [2.24, 2.45) is 0 Å². The van der Waals surface area contributed by atoms with Gasteiger partial charge in [-0.25, -0.2) is 0 Å². The van der Waals surface area contributed by atoms with E-state index in [0.29, 0.717) is 23.4 Å². The molecule has 1 heterocycles. The Labute approximate surface area is 167 Å². The third-order valence-corrected chi connectivity index (χ3v) is 4.39. The largest absolute Gasteiger partial charge is 0.494 e. The van der Waals surface area contributed by atoms with Gasteiger partial charge in [-0.1, -0.05) is 23.9 Å². The van der Waals surface area contributed by atoms with Crippen molar-refractivity contribution < 1.29 is 18.7 Å². The predicted octanol–water partition coefficient (Wildman–Crippen LogP) is 4.09. The van der Waals surface area contributed by atoms with Crippen molar-refractivity contribution in [1.29, 1.82) is 0 Å². The fraction of sp³-hybridized carbons (Fsp3) is 0.250. The summed E-state index contributed by atoms with van der Waals surface area (Å²) >= 11 is 1.17. The number of nitrogens with one attached hydrogen (secondary N) is 1. The van der Waals surface area contributed by atoms with Gasteiger partial charge in [0.1, 0.15) is 11.5 Å². The van der Waals surface area contributed by atoms with Gasteiger partial charge in [0.25, 0.3) is 11.1 Å². The lowest BCUT2D eigenvalue weighted by atomic mass is 10.2. The quantitative estimate of drug-likeness (QED) is 0.542. The summed E-state index contributed by atoms with van der Waals surface area (Å²) in [5.74, 6) is 1.86. The number of rotatable bonds is 9. The maximum absolute atomic E-state index is 12.1. The molecule has 0 radical (unpaired) electrons. The molecule has 0 aliphatic rings. The number of anilines is 1. The number of hydrogen-bond donors (Lipinski definition) is 1. The SMILES string of the molecule is CCOc1ccc(NC(=O)CSc2nnc(COc3cccc(C)c3)o2)cc1. The molecule has 1 N–H and O–H groups in total. The molecular formula is C20H21N3O4S. The first kappa shape index (κ1) is 19.8. The molecule has 0 aliphatic heterocycles. The second-order valence-electron chi connectivity index (χ2n) is 5.86. The molecule has 0 bridgehead atoms. The molecule has 146 valence electrons. The summed E-state index contributed by atoms with van der Waals surface area (Å²) in [7, 11) is 0. The monoisotopic (exact) mass is 399 g/mol. The predicted molar refractivity (Wildman–Crippen MR) is 107 cm³/mol. The van der Waals surface area contributed by atoms with Crippen molar-refractivity contribution in [2.75, 3.05) is 17.7 Å². The lowest BCUT2D eigenvalue weighted by Gasteiger charge is -2.06. The summed E-state index contributed by atoms with van der Waals surface area (Å²) < 4.78 is 16.5. The van der Waals surface area contributed by atoms with Crippen molar-refractivity contribution in [3.05, 3.63) is 60.0 Å². The maximum atomic E-state index is 12.1. The summed E-state index contributed by atoms with van der Waals surface area (Å²) in [4.78, 5) is 12.1. The van der Waals surface area contributed by atoms with Crippen LogP contribution in [-0.4, -0.2) is 28.5 Å². The first-order valence-corrected chi connectivity index (χ1v) is 9.78. The highest BCUT2D eigenvalue weighted by Gasteiger charge is 2.11. The summed E-state index contributed by atoms with van der Waals surface area (Å²) in [6.45, 7) is 4.69. The van der Waals surface area contributed by atoms with E-state index in [1.54, 1.807) is 12.1 Å². The van der Waals surface area contributed by atoms with Crippen molar-refractivity contribution in [3.63, 3.8) is 0 Å². The van der Waals surface area contributed by atoms with Crippen molar-refractivity contribution in [3.8, 4) is 11.5 Å². The Balaban J connectivity index is 1.43. The molecule has 0 unspecified atom stereocenters. The molecule has 3 rings (SSSR count). The lowest BCUT2D eigenvalue weighted by molar-refractivity contribution is -0.113. The summed E-state index contributed by atoms with van der Waals surface area (Å²) in [6, 6.07) is 14.9. The Hall–Kier alpha value is -3.00. The van der Waals surface area contributed by atoms with Crippen LogP contribution in [0.3, 0.4) is 0 Å². The summed E-state index contributed by atoms with van der Waals surface area (Å²) in [5, 5.41) is 11.0. The van der Waals surface area contributed by atoms with E-state index in [0.717, 1.165) is 17.1 Å². The first-order chi connectivity index (χ1) is 13.6. The second-order valence-corrected chi connectivity index (χ2v) is 6.79. The molecule has 0 saturated carbocycles. The van der Waals surface area contributed by atoms with Crippen LogP contribution in [0, 0.1) is 6.92 Å². The fourth-order valence-electron chi connectivity index (χ4n) is 2.33. The molecule has 1 aromatic heterocycles. The van der Waals surface area contributed by atoms with E-state index in [1.165, 1.54) is 11.8 Å². The number of thioether (sulfide) groups is 1. The van der Waals surface area contributed by atoms with Gasteiger partial charge < -0.3 is 19.2 Å². The number of nitrogens with zero attached hydrogens (tertiary/aromatic N) is 2. The van der Waals surface area contributed by atoms with E-state index in [9.17, 15) is 4.79 Å². The molecule has 7 nitrogen and oxygen atoms in total. The van der Waals surface area contributed by atoms with Gasteiger partial charge in [0, 0.05) is 5.69 Å². The number of carbonyl (C=O) groups is 1. The fourth-order valence-corrected chi connectivity index (χ4v) is 2.91. The molecule has 0 fully saturated rings. The maximum Gasteiger partial charge on any atom is 0.277 e. The van der Waals surface area contributed by atoms with Gasteiger partial charge in [-0.15, -0.1) is 10.2 Å². The normalized spacial score (nSPS) is 10.5. The standard InChI is InChI=1S/C20H21N3O4S/c1-3-25-16-9-7-15(8-10-16)21-18(24)13-28-20-23-22-19(27-20)12-26-17-6-4-5-14(2)11-17/h4-11H,3,12-13H2,1-2H3,(H,21,24). The van der Waals surface area contributed by atoms with Crippen molar-refractivity contribution in [2.45, 2.75) is 25.7 Å². The van der Waals surface area contributed by atoms with Gasteiger partial charge in [0.15, 0.2) is 6.61 Å². The van der Waals surface area contributed by atoms with Crippen molar-refractivity contribution in [1.82, 2.24) is 10.2 Å². The van der Waals surface area contributed by atoms with Crippen LogP contribution >= 0.6 is 11.8 Å². The van der Waals surface area contributed by atoms with E-state index >= 15 is 0 Å². The second kappa shape index (κ2) is 9.80. The molecular weight excluding hydrogens is 378 g/mol. The Morgan fingerprint density at radius 1 is 1.11 bits per heavy atom. The number of benzene rings is 2. The van der Waals surface area contributed by atoms with Crippen LogP contribution in [0.25, 0.3) is 0 Å². The van der Waals surface area contributed by atoms with E-state index < -0.39 is 0 Å². The third kappa shape index (κ3) is 6.02. The number of amides is 1. The van der Waals surface area contributed by atoms with Crippen LogP contribution in [0.1, 0.15) is 18.4 Å². The molecule has 0 saturated heterocycles. The number of ether oxygens (including phenoxy) is 2. The molecule has 8 heteroatoms. The molecule has 0 atom stereocenters. The molecule has 28 heavy (non-hydrogen) atoms. The highest BCUT2D eigenvalue weighted by Crippen LogP contribution is 2.20. The highest BCUT2D eigenvalue weighted by molar-refractivity contribution is 7.99. The minimum Gasteiger partial charge on any atom is -0.494 e. The Bertz CT molecular complexity index is 912. The Morgan fingerprint density at radius 3 is 2.68 bits per heavy atom. The van der Waals surface area contributed by atoms with Crippen LogP contribution in [0.15, 0.2) is 58.2 Å². The number of aromatic nitrogens is 2. The number of aryl methyl sites for hydroxylation is 1. The first-order valence-electron chi connectivity index (χ1n) is 8.79. The van der Waals surface area contributed by atoms with Crippen LogP contribution in [0.2, 0.25) is 0 Å². The lowest BCUT2D eigenvalue weighted by Crippen LogP contribution is -2.13. The van der Waals surface area contributed by atoms with E-state index in [-0.39, 0.29) is 18.3 Å². The topological polar surface area (TPSA) is 86.5 Å². The van der Waals surface area contributed by atoms with Crippen LogP contribution in [0.4, 0.5) is 5.69 Å². The average Bonchev–Trinajstić information content (AvgIpc) is 3.15. The zero-order valence-corrected chi connectivity index (χ0v) is 16.5. The average molecular weight is 399 g/mol. The van der Waals surface area contributed by atoms with Crippen LogP contribution in [0.5, 0.6) is 11.5 Å². The Kier molecular flexibility index (Phi) is 6.91. The Morgan fingerprint density at radius 2 is 1.93 bits per heavy atom. The van der Waals surface area contributed by atoms with Gasteiger partial charge in [0.2, 0.25) is 5.91 Å². The van der Waals surface area contributed by atoms with Gasteiger partial charge in [-0.2, -0.15) is 0 Å². The molecule has 3 aromatic rings. The highest BCUT2D eigenvalue weighted by atomic mass is 32.2. The van der Waals surface area contributed by atoms with Gasteiger partial charge in [-0.3, -0.25) is 4.79 Å². The molecule has 2 aromatic carbocycles. The smallest absolute Gasteiger partial charge is 0.277 e. The summed E-state index contributed by atoms with van der Waals surface area (Å²) in [6.07, 6.45) is 0. The third-order valence-electron chi connectivity index (χ3n) is 3.58. The molecule has 0 spiro atoms. The van der Waals surface area contributed by atoms with Gasteiger partial charge in [0.05, 0.1) is 12.4 Å². The van der Waals surface area contributed by atoms with E-state index in [1.807, 2.05) is 50.2 Å². The minimum absolute atomic E-state index is 0.160. The minimum atomic E-state index is -0.162. The zero-order chi connectivity index (χ0) is 19.8.